The molecule has 0 saturated heterocycles. The Hall–Kier alpha value is -2.24. The third kappa shape index (κ3) is 3.65. The molecule has 5 N–H and O–H groups in total. The number of amides is 2. The lowest BCUT2D eigenvalue weighted by molar-refractivity contribution is -0.117. The normalized spacial score (nSPS) is 9.89. The van der Waals surface area contributed by atoms with Crippen LogP contribution in [-0.2, 0) is 4.79 Å². The number of nitrogens with one attached hydrogen (secondary N) is 1. The molecular weight excluding hydrogens is 232 g/mol. The topological polar surface area (TPSA) is 101 Å². The third-order valence-electron chi connectivity index (χ3n) is 2.39. The first kappa shape index (κ1) is 13.8. The summed E-state index contributed by atoms with van der Waals surface area (Å²) >= 11 is 0. The number of hydrogen-bond acceptors (Lipinski definition) is 4. The van der Waals surface area contributed by atoms with Gasteiger partial charge in [-0.25, -0.2) is 0 Å². The quantitative estimate of drug-likeness (QED) is 0.652. The van der Waals surface area contributed by atoms with Gasteiger partial charge in [0, 0.05) is 32.6 Å². The van der Waals surface area contributed by atoms with E-state index in [0.29, 0.717) is 23.5 Å². The maximum Gasteiger partial charge on any atom is 0.253 e. The van der Waals surface area contributed by atoms with Crippen molar-refractivity contribution in [3.63, 3.8) is 0 Å². The van der Waals surface area contributed by atoms with Crippen LogP contribution in [0, 0.1) is 0 Å². The molecule has 0 aliphatic heterocycles. The van der Waals surface area contributed by atoms with Gasteiger partial charge in [0.15, 0.2) is 0 Å². The molecule has 6 heteroatoms. The monoisotopic (exact) mass is 250 g/mol. The summed E-state index contributed by atoms with van der Waals surface area (Å²) in [5.74, 6) is -0.491. The van der Waals surface area contributed by atoms with Gasteiger partial charge in [0.1, 0.15) is 0 Å². The lowest BCUT2D eigenvalue weighted by atomic mass is 10.1. The average Bonchev–Trinajstić information content (AvgIpc) is 2.30. The molecule has 0 unspecified atom stereocenters. The Morgan fingerprint density at radius 1 is 1.33 bits per heavy atom. The summed E-state index contributed by atoms with van der Waals surface area (Å²) in [6.45, 7) is 0.388. The highest BCUT2D eigenvalue weighted by atomic mass is 16.2. The van der Waals surface area contributed by atoms with Crippen molar-refractivity contribution in [3.05, 3.63) is 23.8 Å². The number of carbonyl (C=O) groups is 2. The summed E-state index contributed by atoms with van der Waals surface area (Å²) in [6, 6.07) is 4.99. The molecule has 0 aliphatic carbocycles. The molecule has 0 aromatic heterocycles. The third-order valence-corrected chi connectivity index (χ3v) is 2.39. The molecule has 98 valence electrons. The highest BCUT2D eigenvalue weighted by Crippen LogP contribution is 2.20. The van der Waals surface area contributed by atoms with E-state index in [0.717, 1.165) is 0 Å². The van der Waals surface area contributed by atoms with E-state index in [9.17, 15) is 9.59 Å². The number of nitrogens with zero attached hydrogens (tertiary/aromatic N) is 1. The fourth-order valence-electron chi connectivity index (χ4n) is 1.42. The Labute approximate surface area is 106 Å². The van der Waals surface area contributed by atoms with Crippen LogP contribution < -0.4 is 16.8 Å². The highest BCUT2D eigenvalue weighted by Gasteiger charge is 2.10. The molecule has 1 rings (SSSR count). The molecule has 0 heterocycles. The lowest BCUT2D eigenvalue weighted by Crippen LogP contribution is -2.22. The number of hydrogen-bond donors (Lipinski definition) is 3. The zero-order chi connectivity index (χ0) is 13.7. The smallest absolute Gasteiger partial charge is 0.253 e. The summed E-state index contributed by atoms with van der Waals surface area (Å²) in [5.41, 5.74) is 12.5. The van der Waals surface area contributed by atoms with Gasteiger partial charge in [0.05, 0.1) is 11.4 Å². The Kier molecular flexibility index (Phi) is 4.53. The SMILES string of the molecule is CN(C)C(=O)c1ccc(N)c(NCCC(N)=O)c1. The van der Waals surface area contributed by atoms with Crippen LogP contribution in [0.15, 0.2) is 18.2 Å². The van der Waals surface area contributed by atoms with Crippen LogP contribution in [0.25, 0.3) is 0 Å². The Bertz CT molecular complexity index is 457. The molecule has 18 heavy (non-hydrogen) atoms. The van der Waals surface area contributed by atoms with Gasteiger partial charge in [-0.2, -0.15) is 0 Å². The van der Waals surface area contributed by atoms with Gasteiger partial charge >= 0.3 is 0 Å². The number of nitrogens with two attached hydrogens (primary N) is 2. The second kappa shape index (κ2) is 5.90. The van der Waals surface area contributed by atoms with Crippen molar-refractivity contribution in [1.82, 2.24) is 4.90 Å². The molecule has 2 amide bonds. The van der Waals surface area contributed by atoms with Crippen molar-refractivity contribution in [2.45, 2.75) is 6.42 Å². The summed E-state index contributed by atoms with van der Waals surface area (Å²) < 4.78 is 0. The van der Waals surface area contributed by atoms with Gasteiger partial charge in [-0.15, -0.1) is 0 Å². The zero-order valence-corrected chi connectivity index (χ0v) is 10.6. The molecule has 0 spiro atoms. The van der Waals surface area contributed by atoms with Crippen molar-refractivity contribution in [3.8, 4) is 0 Å². The van der Waals surface area contributed by atoms with E-state index in [1.54, 1.807) is 32.3 Å². The van der Waals surface area contributed by atoms with E-state index in [-0.39, 0.29) is 18.2 Å². The van der Waals surface area contributed by atoms with Crippen LogP contribution >= 0.6 is 0 Å². The first-order chi connectivity index (χ1) is 8.41. The molecule has 6 nitrogen and oxygen atoms in total. The molecule has 0 fully saturated rings. The Balaban J connectivity index is 2.81. The second-order valence-corrected chi connectivity index (χ2v) is 4.14. The molecule has 0 aliphatic rings. The minimum atomic E-state index is -0.387. The maximum absolute atomic E-state index is 11.8. The zero-order valence-electron chi connectivity index (χ0n) is 10.6. The number of primary amides is 1. The summed E-state index contributed by atoms with van der Waals surface area (Å²) in [6.07, 6.45) is 0.214. The number of nitrogen functional groups attached to an aromatic ring is 1. The summed E-state index contributed by atoms with van der Waals surface area (Å²) in [7, 11) is 3.36. The van der Waals surface area contributed by atoms with E-state index in [1.165, 1.54) is 4.90 Å². The standard InChI is InChI=1S/C12H18N4O2/c1-16(2)12(18)8-3-4-9(13)10(7-8)15-6-5-11(14)17/h3-4,7,15H,5-6,13H2,1-2H3,(H2,14,17). The first-order valence-electron chi connectivity index (χ1n) is 5.55. The van der Waals surface area contributed by atoms with Gasteiger partial charge in [-0.1, -0.05) is 0 Å². The van der Waals surface area contributed by atoms with Gasteiger partial charge in [-0.3, -0.25) is 9.59 Å². The van der Waals surface area contributed by atoms with Crippen molar-refractivity contribution in [2.75, 3.05) is 31.7 Å². The fourth-order valence-corrected chi connectivity index (χ4v) is 1.42. The van der Waals surface area contributed by atoms with Crippen molar-refractivity contribution in [2.24, 2.45) is 5.73 Å². The Morgan fingerprint density at radius 3 is 2.56 bits per heavy atom. The average molecular weight is 250 g/mol. The van der Waals surface area contributed by atoms with Gasteiger partial charge < -0.3 is 21.7 Å². The minimum Gasteiger partial charge on any atom is -0.397 e. The largest absolute Gasteiger partial charge is 0.397 e. The van der Waals surface area contributed by atoms with E-state index in [1.807, 2.05) is 0 Å². The molecule has 1 aromatic carbocycles. The maximum atomic E-state index is 11.8. The predicted molar refractivity (Wildman–Crippen MR) is 71.2 cm³/mol. The van der Waals surface area contributed by atoms with Crippen molar-refractivity contribution < 1.29 is 9.59 Å². The van der Waals surface area contributed by atoms with Crippen LogP contribution in [0.5, 0.6) is 0 Å². The van der Waals surface area contributed by atoms with E-state index < -0.39 is 0 Å². The number of carbonyl (C=O) groups excluding carboxylic acids is 2. The van der Waals surface area contributed by atoms with Crippen LogP contribution in [0.3, 0.4) is 0 Å². The van der Waals surface area contributed by atoms with Crippen LogP contribution in [-0.4, -0.2) is 37.4 Å². The van der Waals surface area contributed by atoms with Crippen LogP contribution in [0.4, 0.5) is 11.4 Å². The van der Waals surface area contributed by atoms with Crippen molar-refractivity contribution in [1.29, 1.82) is 0 Å². The molecule has 1 aromatic rings. The number of rotatable bonds is 5. The van der Waals surface area contributed by atoms with E-state index in [4.69, 9.17) is 11.5 Å². The first-order valence-corrected chi connectivity index (χ1v) is 5.55. The predicted octanol–water partition coefficient (Wildman–Crippen LogP) is 0.258. The summed E-state index contributed by atoms with van der Waals surface area (Å²) in [4.78, 5) is 23.9. The van der Waals surface area contributed by atoms with Crippen LogP contribution in [0.1, 0.15) is 16.8 Å². The summed E-state index contributed by atoms with van der Waals surface area (Å²) in [5, 5.41) is 2.98. The molecule has 0 saturated carbocycles. The molecule has 0 radical (unpaired) electrons. The van der Waals surface area contributed by atoms with Gasteiger partial charge in [0.2, 0.25) is 5.91 Å². The fraction of sp³-hybridized carbons (Fsp3) is 0.333. The molecular formula is C12H18N4O2. The second-order valence-electron chi connectivity index (χ2n) is 4.14. The van der Waals surface area contributed by atoms with Crippen LogP contribution in [0.2, 0.25) is 0 Å². The number of benzene rings is 1. The van der Waals surface area contributed by atoms with Gasteiger partial charge in [-0.05, 0) is 18.2 Å². The highest BCUT2D eigenvalue weighted by molar-refractivity contribution is 5.95. The molecule has 0 bridgehead atoms. The minimum absolute atomic E-state index is 0.104. The lowest BCUT2D eigenvalue weighted by Gasteiger charge is -2.13. The van der Waals surface area contributed by atoms with E-state index >= 15 is 0 Å². The van der Waals surface area contributed by atoms with E-state index in [2.05, 4.69) is 5.32 Å². The molecule has 0 atom stereocenters. The Morgan fingerprint density at radius 2 is 2.00 bits per heavy atom. The van der Waals surface area contributed by atoms with Crippen molar-refractivity contribution >= 4 is 23.2 Å². The number of anilines is 2. The van der Waals surface area contributed by atoms with Gasteiger partial charge in [0.25, 0.3) is 5.91 Å².